The van der Waals surface area contributed by atoms with Crippen molar-refractivity contribution < 1.29 is 0 Å². The lowest BCUT2D eigenvalue weighted by atomic mass is 9.96. The molecule has 0 aliphatic rings. The molecule has 0 fully saturated rings. The van der Waals surface area contributed by atoms with Crippen LogP contribution in [0.3, 0.4) is 0 Å². The van der Waals surface area contributed by atoms with Gasteiger partial charge in [0.2, 0.25) is 0 Å². The lowest BCUT2D eigenvalue weighted by Crippen LogP contribution is -2.27. The maximum atomic E-state index is 3.46. The largest absolute Gasteiger partial charge is 0.316 e. The van der Waals surface area contributed by atoms with Gasteiger partial charge >= 0.3 is 0 Å². The Morgan fingerprint density at radius 3 is 2.00 bits per heavy atom. The van der Waals surface area contributed by atoms with Gasteiger partial charge in [-0.25, -0.2) is 0 Å². The summed E-state index contributed by atoms with van der Waals surface area (Å²) in [4.78, 5) is 0. The average Bonchev–Trinajstić information content (AvgIpc) is 1.92. The molecule has 0 aliphatic heterocycles. The van der Waals surface area contributed by atoms with Gasteiger partial charge in [-0.05, 0) is 30.3 Å². The van der Waals surface area contributed by atoms with Gasteiger partial charge in [-0.1, -0.05) is 53.7 Å². The van der Waals surface area contributed by atoms with Gasteiger partial charge in [-0.2, -0.15) is 0 Å². The molecule has 0 aromatic heterocycles. The van der Waals surface area contributed by atoms with E-state index in [1.165, 1.54) is 0 Å². The molecule has 0 unspecified atom stereocenters. The second kappa shape index (κ2) is 5.55. The van der Waals surface area contributed by atoms with E-state index in [2.05, 4.69) is 59.0 Å². The van der Waals surface area contributed by atoms with Crippen LogP contribution in [0.2, 0.25) is 0 Å². The predicted molar refractivity (Wildman–Crippen MR) is 65.5 cm³/mol. The van der Waals surface area contributed by atoms with Crippen LogP contribution in [0.5, 0.6) is 0 Å². The molecule has 0 amide bonds. The molecule has 0 atom stereocenters. The van der Waals surface area contributed by atoms with E-state index >= 15 is 0 Å². The summed E-state index contributed by atoms with van der Waals surface area (Å²) in [7, 11) is 0. The summed E-state index contributed by atoms with van der Waals surface area (Å²) in [6, 6.07) is 0. The van der Waals surface area contributed by atoms with Crippen molar-refractivity contribution in [3.05, 3.63) is 12.2 Å². The first-order chi connectivity index (χ1) is 6.21. The van der Waals surface area contributed by atoms with E-state index in [9.17, 15) is 0 Å². The van der Waals surface area contributed by atoms with Gasteiger partial charge in [0.1, 0.15) is 0 Å². The molecule has 0 rings (SSSR count). The third-order valence-electron chi connectivity index (χ3n) is 1.76. The Balaban J connectivity index is 3.44. The maximum absolute atomic E-state index is 3.46. The van der Waals surface area contributed by atoms with Crippen LogP contribution in [-0.4, -0.2) is 13.1 Å². The molecule has 84 valence electrons. The molecule has 1 N–H and O–H groups in total. The highest BCUT2D eigenvalue weighted by Gasteiger charge is 2.08. The van der Waals surface area contributed by atoms with Gasteiger partial charge in [0.15, 0.2) is 0 Å². The molecule has 0 heterocycles. The van der Waals surface area contributed by atoms with Crippen LogP contribution >= 0.6 is 0 Å². The monoisotopic (exact) mass is 197 g/mol. The van der Waals surface area contributed by atoms with Gasteiger partial charge in [0.05, 0.1) is 0 Å². The Bertz CT molecular complexity index is 167. The summed E-state index contributed by atoms with van der Waals surface area (Å²) in [5.74, 6) is 0. The van der Waals surface area contributed by atoms with E-state index in [0.29, 0.717) is 10.8 Å². The number of hydrogen-bond donors (Lipinski definition) is 1. The first-order valence-corrected chi connectivity index (χ1v) is 5.59. The molecule has 0 saturated carbocycles. The number of allylic oxidation sites excluding steroid dienone is 1. The van der Waals surface area contributed by atoms with E-state index in [1.807, 2.05) is 0 Å². The average molecular weight is 197 g/mol. The highest BCUT2D eigenvalue weighted by molar-refractivity contribution is 4.92. The van der Waals surface area contributed by atoms with Crippen molar-refractivity contribution >= 4 is 0 Å². The molecule has 0 saturated heterocycles. The molecule has 14 heavy (non-hydrogen) atoms. The highest BCUT2D eigenvalue weighted by atomic mass is 14.9. The predicted octanol–water partition coefficient (Wildman–Crippen LogP) is 3.61. The first kappa shape index (κ1) is 13.7. The van der Waals surface area contributed by atoms with Gasteiger partial charge in [-0.15, -0.1) is 0 Å². The molecule has 0 radical (unpaired) electrons. The lowest BCUT2D eigenvalue weighted by Gasteiger charge is -2.18. The zero-order valence-corrected chi connectivity index (χ0v) is 10.8. The van der Waals surface area contributed by atoms with Crippen LogP contribution in [0.15, 0.2) is 12.2 Å². The van der Waals surface area contributed by atoms with Crippen molar-refractivity contribution in [2.45, 2.75) is 48.0 Å². The maximum Gasteiger partial charge on any atom is -0.00000000876 e. The Hall–Kier alpha value is -0.300. The van der Waals surface area contributed by atoms with E-state index in [0.717, 1.165) is 19.5 Å². The minimum Gasteiger partial charge on any atom is -0.316 e. The molecule has 0 aromatic carbocycles. The third-order valence-corrected chi connectivity index (χ3v) is 1.76. The standard InChI is InChI=1S/C13H27N/c1-12(2,3)9-7-8-10-14-11-13(4,5)6/h7,9,14H,8,10-11H2,1-6H3/b9-7-. The van der Waals surface area contributed by atoms with Gasteiger partial charge in [0.25, 0.3) is 0 Å². The summed E-state index contributed by atoms with van der Waals surface area (Å²) in [6.45, 7) is 15.6. The Morgan fingerprint density at radius 2 is 1.57 bits per heavy atom. The fourth-order valence-electron chi connectivity index (χ4n) is 1.09. The fourth-order valence-corrected chi connectivity index (χ4v) is 1.09. The van der Waals surface area contributed by atoms with Crippen molar-refractivity contribution in [1.82, 2.24) is 5.32 Å². The minimum absolute atomic E-state index is 0.323. The Morgan fingerprint density at radius 1 is 1.00 bits per heavy atom. The SMILES string of the molecule is CC(C)(C)/C=C\CCNCC(C)(C)C. The topological polar surface area (TPSA) is 12.0 Å². The molecule has 0 bridgehead atoms. The van der Waals surface area contributed by atoms with E-state index in [4.69, 9.17) is 0 Å². The first-order valence-electron chi connectivity index (χ1n) is 5.59. The second-order valence-electron chi connectivity index (χ2n) is 6.29. The summed E-state index contributed by atoms with van der Waals surface area (Å²) >= 11 is 0. The third kappa shape index (κ3) is 11.7. The molecule has 1 nitrogen and oxygen atoms in total. The number of hydrogen-bond acceptors (Lipinski definition) is 1. The van der Waals surface area contributed by atoms with E-state index in [-0.39, 0.29) is 0 Å². The van der Waals surface area contributed by atoms with Crippen molar-refractivity contribution in [1.29, 1.82) is 0 Å². The highest BCUT2D eigenvalue weighted by Crippen LogP contribution is 2.14. The molecular formula is C13H27N. The van der Waals surface area contributed by atoms with Gasteiger partial charge < -0.3 is 5.32 Å². The molecule has 0 aliphatic carbocycles. The lowest BCUT2D eigenvalue weighted by molar-refractivity contribution is 0.382. The molecule has 0 aromatic rings. The summed E-state index contributed by atoms with van der Waals surface area (Å²) in [6.07, 6.45) is 5.69. The van der Waals surface area contributed by atoms with Crippen molar-refractivity contribution in [2.75, 3.05) is 13.1 Å². The van der Waals surface area contributed by atoms with Crippen LogP contribution in [-0.2, 0) is 0 Å². The quantitative estimate of drug-likeness (QED) is 0.536. The normalized spacial score (nSPS) is 13.9. The van der Waals surface area contributed by atoms with Gasteiger partial charge in [-0.3, -0.25) is 0 Å². The van der Waals surface area contributed by atoms with E-state index in [1.54, 1.807) is 0 Å². The van der Waals surface area contributed by atoms with Gasteiger partial charge in [0, 0.05) is 0 Å². The molecule has 1 heteroatoms. The van der Waals surface area contributed by atoms with Crippen LogP contribution in [0.4, 0.5) is 0 Å². The molecular weight excluding hydrogens is 170 g/mol. The van der Waals surface area contributed by atoms with Crippen LogP contribution in [0.25, 0.3) is 0 Å². The van der Waals surface area contributed by atoms with E-state index < -0.39 is 0 Å². The second-order valence-corrected chi connectivity index (χ2v) is 6.29. The fraction of sp³-hybridized carbons (Fsp3) is 0.846. The number of rotatable bonds is 4. The van der Waals surface area contributed by atoms with Crippen molar-refractivity contribution in [3.8, 4) is 0 Å². The van der Waals surface area contributed by atoms with Crippen LogP contribution < -0.4 is 5.32 Å². The van der Waals surface area contributed by atoms with Crippen LogP contribution in [0, 0.1) is 10.8 Å². The number of nitrogens with one attached hydrogen (secondary N) is 1. The zero-order chi connectivity index (χ0) is 11.2. The van der Waals surface area contributed by atoms with Crippen LogP contribution in [0.1, 0.15) is 48.0 Å². The Labute approximate surface area is 90.0 Å². The summed E-state index contributed by atoms with van der Waals surface area (Å²) < 4.78 is 0. The zero-order valence-electron chi connectivity index (χ0n) is 10.8. The Kier molecular flexibility index (Phi) is 5.43. The summed E-state index contributed by atoms with van der Waals surface area (Å²) in [5.41, 5.74) is 0.720. The smallest absolute Gasteiger partial charge is 0.00000000876 e. The summed E-state index contributed by atoms with van der Waals surface area (Å²) in [5, 5.41) is 3.46. The van der Waals surface area contributed by atoms with Crippen molar-refractivity contribution in [2.24, 2.45) is 10.8 Å². The van der Waals surface area contributed by atoms with Crippen molar-refractivity contribution in [3.63, 3.8) is 0 Å². The minimum atomic E-state index is 0.323. The molecule has 0 spiro atoms.